The van der Waals surface area contributed by atoms with Gasteiger partial charge in [0.25, 0.3) is 0 Å². The molecule has 1 aromatic carbocycles. The Morgan fingerprint density at radius 1 is 1.44 bits per heavy atom. The third-order valence-corrected chi connectivity index (χ3v) is 3.03. The summed E-state index contributed by atoms with van der Waals surface area (Å²) >= 11 is 0. The van der Waals surface area contributed by atoms with Gasteiger partial charge in [0.1, 0.15) is 17.6 Å². The van der Waals surface area contributed by atoms with Crippen molar-refractivity contribution in [3.63, 3.8) is 0 Å². The summed E-state index contributed by atoms with van der Waals surface area (Å²) < 4.78 is 18.2. The van der Waals surface area contributed by atoms with Crippen LogP contribution >= 0.6 is 0 Å². The van der Waals surface area contributed by atoms with Gasteiger partial charge in [0.05, 0.1) is 12.8 Å². The Morgan fingerprint density at radius 2 is 2.28 bits per heavy atom. The average Bonchev–Trinajstić information content (AvgIpc) is 2.57. The predicted molar refractivity (Wildman–Crippen MR) is 67.2 cm³/mol. The molecule has 1 amide bonds. The van der Waals surface area contributed by atoms with Crippen molar-refractivity contribution < 1.29 is 13.9 Å². The van der Waals surface area contributed by atoms with E-state index in [2.05, 4.69) is 10.6 Å². The van der Waals surface area contributed by atoms with Gasteiger partial charge in [-0.3, -0.25) is 4.79 Å². The quantitative estimate of drug-likeness (QED) is 0.864. The first-order chi connectivity index (χ1) is 8.70. The first-order valence-electron chi connectivity index (χ1n) is 6.08. The summed E-state index contributed by atoms with van der Waals surface area (Å²) in [5, 5.41) is 5.96. The Labute approximate surface area is 106 Å². The van der Waals surface area contributed by atoms with Crippen LogP contribution in [0, 0.1) is 5.82 Å². The summed E-state index contributed by atoms with van der Waals surface area (Å²) in [6.45, 7) is 0.720. The molecule has 1 aromatic rings. The second-order valence-electron chi connectivity index (χ2n) is 4.33. The van der Waals surface area contributed by atoms with E-state index in [0.29, 0.717) is 11.4 Å². The SMILES string of the molecule is COc1cc(F)ccc1NC1CCCCNC1=O. The Hall–Kier alpha value is -1.78. The number of ether oxygens (including phenoxy) is 1. The third kappa shape index (κ3) is 2.91. The van der Waals surface area contributed by atoms with E-state index in [1.807, 2.05) is 0 Å². The molecule has 0 radical (unpaired) electrons. The molecule has 0 aromatic heterocycles. The van der Waals surface area contributed by atoms with Crippen LogP contribution in [-0.2, 0) is 4.79 Å². The number of amides is 1. The van der Waals surface area contributed by atoms with Gasteiger partial charge < -0.3 is 15.4 Å². The largest absolute Gasteiger partial charge is 0.494 e. The molecule has 1 unspecified atom stereocenters. The van der Waals surface area contributed by atoms with Crippen molar-refractivity contribution in [1.29, 1.82) is 0 Å². The lowest BCUT2D eigenvalue weighted by atomic mass is 10.1. The Morgan fingerprint density at radius 3 is 3.06 bits per heavy atom. The molecular formula is C13H17FN2O2. The van der Waals surface area contributed by atoms with Gasteiger partial charge in [0.15, 0.2) is 0 Å². The highest BCUT2D eigenvalue weighted by molar-refractivity contribution is 5.85. The lowest BCUT2D eigenvalue weighted by Crippen LogP contribution is -2.37. The number of methoxy groups -OCH3 is 1. The predicted octanol–water partition coefficient (Wildman–Crippen LogP) is 1.91. The van der Waals surface area contributed by atoms with E-state index in [0.717, 1.165) is 25.8 Å². The number of hydrogen-bond acceptors (Lipinski definition) is 3. The molecule has 18 heavy (non-hydrogen) atoms. The fourth-order valence-electron chi connectivity index (χ4n) is 2.05. The zero-order chi connectivity index (χ0) is 13.0. The second-order valence-corrected chi connectivity index (χ2v) is 4.33. The smallest absolute Gasteiger partial charge is 0.242 e. The molecule has 1 atom stereocenters. The highest BCUT2D eigenvalue weighted by Crippen LogP contribution is 2.26. The Balaban J connectivity index is 2.14. The fraction of sp³-hybridized carbons (Fsp3) is 0.462. The summed E-state index contributed by atoms with van der Waals surface area (Å²) in [6, 6.07) is 3.95. The number of carbonyl (C=O) groups is 1. The highest BCUT2D eigenvalue weighted by Gasteiger charge is 2.21. The van der Waals surface area contributed by atoms with Crippen LogP contribution in [0.1, 0.15) is 19.3 Å². The van der Waals surface area contributed by atoms with Crippen molar-refractivity contribution in [3.8, 4) is 5.75 Å². The molecule has 2 rings (SSSR count). The maximum Gasteiger partial charge on any atom is 0.242 e. The van der Waals surface area contributed by atoms with E-state index in [-0.39, 0.29) is 17.8 Å². The number of rotatable bonds is 3. The van der Waals surface area contributed by atoms with Gasteiger partial charge in [-0.2, -0.15) is 0 Å². The lowest BCUT2D eigenvalue weighted by Gasteiger charge is -2.18. The average molecular weight is 252 g/mol. The van der Waals surface area contributed by atoms with Gasteiger partial charge in [-0.05, 0) is 31.4 Å². The van der Waals surface area contributed by atoms with Crippen molar-refractivity contribution in [2.24, 2.45) is 0 Å². The van der Waals surface area contributed by atoms with Crippen LogP contribution in [0.15, 0.2) is 18.2 Å². The Kier molecular flexibility index (Phi) is 4.02. The van der Waals surface area contributed by atoms with Gasteiger partial charge in [0, 0.05) is 12.6 Å². The van der Waals surface area contributed by atoms with Gasteiger partial charge in [0.2, 0.25) is 5.91 Å². The summed E-state index contributed by atoms with van der Waals surface area (Å²) in [4.78, 5) is 11.8. The minimum atomic E-state index is -0.359. The molecule has 98 valence electrons. The summed E-state index contributed by atoms with van der Waals surface area (Å²) in [6.07, 6.45) is 2.75. The maximum atomic E-state index is 13.1. The van der Waals surface area contributed by atoms with Gasteiger partial charge in [-0.25, -0.2) is 4.39 Å². The number of carbonyl (C=O) groups excluding carboxylic acids is 1. The van der Waals surface area contributed by atoms with E-state index >= 15 is 0 Å². The molecule has 0 spiro atoms. The summed E-state index contributed by atoms with van der Waals surface area (Å²) in [5.74, 6) is 0.0358. The molecule has 1 fully saturated rings. The second kappa shape index (κ2) is 5.71. The zero-order valence-electron chi connectivity index (χ0n) is 10.3. The van der Waals surface area contributed by atoms with Gasteiger partial charge >= 0.3 is 0 Å². The molecule has 0 bridgehead atoms. The van der Waals surface area contributed by atoms with Crippen LogP contribution in [0.25, 0.3) is 0 Å². The van der Waals surface area contributed by atoms with Crippen molar-refractivity contribution in [2.75, 3.05) is 19.0 Å². The van der Waals surface area contributed by atoms with Crippen LogP contribution < -0.4 is 15.4 Å². The number of benzene rings is 1. The van der Waals surface area contributed by atoms with Crippen LogP contribution in [0.4, 0.5) is 10.1 Å². The van der Waals surface area contributed by atoms with Gasteiger partial charge in [-0.1, -0.05) is 0 Å². The van der Waals surface area contributed by atoms with Crippen LogP contribution in [0.2, 0.25) is 0 Å². The molecule has 2 N–H and O–H groups in total. The highest BCUT2D eigenvalue weighted by atomic mass is 19.1. The molecular weight excluding hydrogens is 235 g/mol. The molecule has 1 heterocycles. The fourth-order valence-corrected chi connectivity index (χ4v) is 2.05. The summed E-state index contributed by atoms with van der Waals surface area (Å²) in [5.41, 5.74) is 0.640. The first kappa shape index (κ1) is 12.7. The standard InChI is InChI=1S/C13H17FN2O2/c1-18-12-8-9(14)5-6-10(12)16-11-4-2-3-7-15-13(11)17/h5-6,8,11,16H,2-4,7H2,1H3,(H,15,17). The number of halogens is 1. The number of anilines is 1. The monoisotopic (exact) mass is 252 g/mol. The van der Waals surface area contributed by atoms with Crippen LogP contribution in [-0.4, -0.2) is 25.6 Å². The minimum Gasteiger partial charge on any atom is -0.494 e. The molecule has 1 aliphatic heterocycles. The third-order valence-electron chi connectivity index (χ3n) is 3.03. The minimum absolute atomic E-state index is 0.0149. The molecule has 0 saturated carbocycles. The topological polar surface area (TPSA) is 50.4 Å². The van der Waals surface area contributed by atoms with E-state index in [4.69, 9.17) is 4.74 Å². The van der Waals surface area contributed by atoms with E-state index in [1.165, 1.54) is 19.2 Å². The zero-order valence-corrected chi connectivity index (χ0v) is 10.3. The van der Waals surface area contributed by atoms with Crippen molar-refractivity contribution in [2.45, 2.75) is 25.3 Å². The number of hydrogen-bond donors (Lipinski definition) is 2. The van der Waals surface area contributed by atoms with Crippen LogP contribution in [0.3, 0.4) is 0 Å². The van der Waals surface area contributed by atoms with Crippen molar-refractivity contribution in [3.05, 3.63) is 24.0 Å². The molecule has 0 aliphatic carbocycles. The van der Waals surface area contributed by atoms with Crippen LogP contribution in [0.5, 0.6) is 5.75 Å². The molecule has 1 saturated heterocycles. The van der Waals surface area contributed by atoms with Crippen molar-refractivity contribution in [1.82, 2.24) is 5.32 Å². The molecule has 1 aliphatic rings. The summed E-state index contributed by atoms with van der Waals surface area (Å²) in [7, 11) is 1.48. The van der Waals surface area contributed by atoms with E-state index in [9.17, 15) is 9.18 Å². The van der Waals surface area contributed by atoms with Gasteiger partial charge in [-0.15, -0.1) is 0 Å². The molecule has 5 heteroatoms. The molecule has 4 nitrogen and oxygen atoms in total. The number of nitrogens with one attached hydrogen (secondary N) is 2. The normalized spacial score (nSPS) is 19.9. The lowest BCUT2D eigenvalue weighted by molar-refractivity contribution is -0.121. The maximum absolute atomic E-state index is 13.1. The first-order valence-corrected chi connectivity index (χ1v) is 6.08. The van der Waals surface area contributed by atoms with E-state index < -0.39 is 0 Å². The Bertz CT molecular complexity index is 437. The van der Waals surface area contributed by atoms with E-state index in [1.54, 1.807) is 6.07 Å². The van der Waals surface area contributed by atoms with Crippen molar-refractivity contribution >= 4 is 11.6 Å².